The van der Waals surface area contributed by atoms with Gasteiger partial charge in [0.25, 0.3) is 0 Å². The summed E-state index contributed by atoms with van der Waals surface area (Å²) in [5.41, 5.74) is 5.10. The Balaban J connectivity index is 1.63. The highest BCUT2D eigenvalue weighted by Gasteiger charge is 2.07. The molecule has 0 bridgehead atoms. The maximum Gasteiger partial charge on any atom is 0.335 e. The van der Waals surface area contributed by atoms with Crippen LogP contribution < -0.4 is 5.43 Å². The fraction of sp³-hybridized carbons (Fsp3) is 0.0556. The average Bonchev–Trinajstić information content (AvgIpc) is 2.98. The first-order valence-corrected chi connectivity index (χ1v) is 7.34. The van der Waals surface area contributed by atoms with Crippen LogP contribution in [0.15, 0.2) is 59.8 Å². The third-order valence-electron chi connectivity index (χ3n) is 3.56. The number of carbonyl (C=O) groups is 2. The van der Waals surface area contributed by atoms with E-state index in [1.54, 1.807) is 12.1 Å². The Hall–Kier alpha value is -3.41. The van der Waals surface area contributed by atoms with Gasteiger partial charge in [0, 0.05) is 17.1 Å². The molecule has 0 unspecified atom stereocenters. The minimum Gasteiger partial charge on any atom is -0.478 e. The van der Waals surface area contributed by atoms with Gasteiger partial charge in [0.1, 0.15) is 0 Å². The Kier molecular flexibility index (Phi) is 4.38. The summed E-state index contributed by atoms with van der Waals surface area (Å²) in [5, 5.41) is 13.8. The van der Waals surface area contributed by atoms with E-state index in [1.807, 2.05) is 30.5 Å². The maximum absolute atomic E-state index is 12.0. The van der Waals surface area contributed by atoms with Gasteiger partial charge < -0.3 is 10.1 Å². The third-order valence-corrected chi connectivity index (χ3v) is 3.56. The molecule has 6 heteroatoms. The number of fused-ring (bicyclic) bond motifs is 1. The number of nitrogens with zero attached hydrogens (tertiary/aromatic N) is 1. The second-order valence-electron chi connectivity index (χ2n) is 5.26. The van der Waals surface area contributed by atoms with Crippen molar-refractivity contribution in [3.05, 3.63) is 71.4 Å². The van der Waals surface area contributed by atoms with Crippen LogP contribution in [-0.2, 0) is 11.2 Å². The van der Waals surface area contributed by atoms with E-state index in [0.29, 0.717) is 5.56 Å². The van der Waals surface area contributed by atoms with Crippen molar-refractivity contribution in [1.82, 2.24) is 10.4 Å². The van der Waals surface area contributed by atoms with E-state index in [0.717, 1.165) is 16.5 Å². The van der Waals surface area contributed by atoms with E-state index in [1.165, 1.54) is 18.3 Å². The largest absolute Gasteiger partial charge is 0.478 e. The number of H-pyrrole nitrogens is 1. The molecule has 0 saturated carbocycles. The van der Waals surface area contributed by atoms with Gasteiger partial charge in [-0.05, 0) is 29.3 Å². The van der Waals surface area contributed by atoms with E-state index in [4.69, 9.17) is 5.11 Å². The molecule has 1 amide bonds. The number of hydrogen-bond donors (Lipinski definition) is 3. The Morgan fingerprint density at radius 3 is 2.83 bits per heavy atom. The molecule has 120 valence electrons. The monoisotopic (exact) mass is 321 g/mol. The van der Waals surface area contributed by atoms with Crippen LogP contribution in [0.25, 0.3) is 10.9 Å². The fourth-order valence-corrected chi connectivity index (χ4v) is 2.42. The second-order valence-corrected chi connectivity index (χ2v) is 5.26. The lowest BCUT2D eigenvalue weighted by Crippen LogP contribution is -2.19. The summed E-state index contributed by atoms with van der Waals surface area (Å²) in [6.45, 7) is 0. The molecule has 0 aliphatic carbocycles. The van der Waals surface area contributed by atoms with Gasteiger partial charge >= 0.3 is 5.97 Å². The van der Waals surface area contributed by atoms with Gasteiger partial charge in [-0.25, -0.2) is 10.2 Å². The number of nitrogens with one attached hydrogen (secondary N) is 2. The van der Waals surface area contributed by atoms with Crippen LogP contribution in [0, 0.1) is 0 Å². The molecular formula is C18H15N3O3. The van der Waals surface area contributed by atoms with Crippen molar-refractivity contribution in [3.8, 4) is 0 Å². The standard InChI is InChI=1S/C18H15N3O3/c22-17(9-14-11-19-16-7-2-1-6-15(14)16)21-20-10-12-4-3-5-13(8-12)18(23)24/h1-8,10-11,19H,9H2,(H,21,22)(H,23,24)/b20-10+. The summed E-state index contributed by atoms with van der Waals surface area (Å²) in [7, 11) is 0. The van der Waals surface area contributed by atoms with Gasteiger partial charge in [0.2, 0.25) is 5.91 Å². The molecule has 6 nitrogen and oxygen atoms in total. The topological polar surface area (TPSA) is 94.5 Å². The van der Waals surface area contributed by atoms with E-state index in [2.05, 4.69) is 15.5 Å². The Labute approximate surface area is 137 Å². The zero-order valence-electron chi connectivity index (χ0n) is 12.7. The minimum absolute atomic E-state index is 0.170. The number of aromatic nitrogens is 1. The van der Waals surface area contributed by atoms with E-state index < -0.39 is 5.97 Å². The molecule has 0 fully saturated rings. The minimum atomic E-state index is -1.01. The summed E-state index contributed by atoms with van der Waals surface area (Å²) < 4.78 is 0. The first-order chi connectivity index (χ1) is 11.6. The van der Waals surface area contributed by atoms with Crippen LogP contribution in [0.5, 0.6) is 0 Å². The van der Waals surface area contributed by atoms with Crippen LogP contribution in [0.2, 0.25) is 0 Å². The molecule has 3 aromatic rings. The molecule has 0 radical (unpaired) electrons. The molecule has 0 aliphatic heterocycles. The van der Waals surface area contributed by atoms with E-state index >= 15 is 0 Å². The van der Waals surface area contributed by atoms with Gasteiger partial charge in [-0.3, -0.25) is 4.79 Å². The Morgan fingerprint density at radius 2 is 2.00 bits per heavy atom. The lowest BCUT2D eigenvalue weighted by atomic mass is 10.1. The zero-order valence-corrected chi connectivity index (χ0v) is 12.7. The maximum atomic E-state index is 12.0. The number of benzene rings is 2. The molecule has 0 saturated heterocycles. The van der Waals surface area contributed by atoms with Crippen molar-refractivity contribution in [2.45, 2.75) is 6.42 Å². The van der Waals surface area contributed by atoms with Crippen molar-refractivity contribution in [2.75, 3.05) is 0 Å². The molecule has 1 heterocycles. The Bertz CT molecular complexity index is 928. The predicted octanol–water partition coefficient (Wildman–Crippen LogP) is 2.56. The quantitative estimate of drug-likeness (QED) is 0.498. The molecule has 3 rings (SSSR count). The molecule has 0 spiro atoms. The molecule has 1 aromatic heterocycles. The number of amides is 1. The molecular weight excluding hydrogens is 306 g/mol. The number of carboxylic acid groups (broad SMARTS) is 1. The van der Waals surface area contributed by atoms with Crippen LogP contribution in [0.1, 0.15) is 21.5 Å². The number of para-hydroxylation sites is 1. The van der Waals surface area contributed by atoms with Crippen LogP contribution in [0.4, 0.5) is 0 Å². The van der Waals surface area contributed by atoms with Gasteiger partial charge in [0.15, 0.2) is 0 Å². The highest BCUT2D eigenvalue weighted by molar-refractivity contribution is 5.92. The van der Waals surface area contributed by atoms with Crippen molar-refractivity contribution in [2.24, 2.45) is 5.10 Å². The van der Waals surface area contributed by atoms with Gasteiger partial charge in [-0.2, -0.15) is 5.10 Å². The van der Waals surface area contributed by atoms with Crippen molar-refractivity contribution < 1.29 is 14.7 Å². The Morgan fingerprint density at radius 1 is 1.17 bits per heavy atom. The predicted molar refractivity (Wildman–Crippen MR) is 91.1 cm³/mol. The second kappa shape index (κ2) is 6.78. The molecule has 3 N–H and O–H groups in total. The number of aromatic carboxylic acids is 1. The van der Waals surface area contributed by atoms with Crippen LogP contribution >= 0.6 is 0 Å². The molecule has 0 aliphatic rings. The molecule has 24 heavy (non-hydrogen) atoms. The van der Waals surface area contributed by atoms with Crippen molar-refractivity contribution >= 4 is 29.0 Å². The summed E-state index contributed by atoms with van der Waals surface area (Å²) >= 11 is 0. The van der Waals surface area contributed by atoms with Gasteiger partial charge in [-0.15, -0.1) is 0 Å². The third kappa shape index (κ3) is 3.49. The summed E-state index contributed by atoms with van der Waals surface area (Å²) in [4.78, 5) is 26.0. The SMILES string of the molecule is O=C(Cc1c[nH]c2ccccc12)N/N=C/c1cccc(C(=O)O)c1. The van der Waals surface area contributed by atoms with Crippen LogP contribution in [-0.4, -0.2) is 28.2 Å². The summed E-state index contributed by atoms with van der Waals surface area (Å²) in [6, 6.07) is 14.1. The molecule has 2 aromatic carbocycles. The fourth-order valence-electron chi connectivity index (χ4n) is 2.42. The number of hydrogen-bond acceptors (Lipinski definition) is 3. The van der Waals surface area contributed by atoms with Crippen molar-refractivity contribution in [1.29, 1.82) is 0 Å². The summed E-state index contributed by atoms with van der Waals surface area (Å²) in [5.74, 6) is -1.25. The number of carbonyl (C=O) groups excluding carboxylic acids is 1. The first-order valence-electron chi connectivity index (χ1n) is 7.34. The lowest BCUT2D eigenvalue weighted by molar-refractivity contribution is -0.120. The average molecular weight is 321 g/mol. The lowest BCUT2D eigenvalue weighted by Gasteiger charge is -2.00. The first kappa shape index (κ1) is 15.5. The van der Waals surface area contributed by atoms with Crippen LogP contribution in [0.3, 0.4) is 0 Å². The molecule has 0 atom stereocenters. The highest BCUT2D eigenvalue weighted by atomic mass is 16.4. The number of hydrazone groups is 1. The van der Waals surface area contributed by atoms with Crippen molar-refractivity contribution in [3.63, 3.8) is 0 Å². The van der Waals surface area contributed by atoms with E-state index in [-0.39, 0.29) is 17.9 Å². The van der Waals surface area contributed by atoms with Gasteiger partial charge in [0.05, 0.1) is 18.2 Å². The number of rotatable bonds is 5. The number of aromatic amines is 1. The van der Waals surface area contributed by atoms with Gasteiger partial charge in [-0.1, -0.05) is 30.3 Å². The zero-order chi connectivity index (χ0) is 16.9. The summed E-state index contributed by atoms with van der Waals surface area (Å²) in [6.07, 6.45) is 3.43. The smallest absolute Gasteiger partial charge is 0.335 e. The normalized spacial score (nSPS) is 11.0. The highest BCUT2D eigenvalue weighted by Crippen LogP contribution is 2.17. The van der Waals surface area contributed by atoms with E-state index in [9.17, 15) is 9.59 Å². The number of carboxylic acids is 1.